The van der Waals surface area contributed by atoms with Crippen molar-refractivity contribution in [2.45, 2.75) is 39.5 Å². The van der Waals surface area contributed by atoms with Gasteiger partial charge in [0.1, 0.15) is 17.4 Å². The van der Waals surface area contributed by atoms with E-state index >= 15 is 0 Å². The summed E-state index contributed by atoms with van der Waals surface area (Å²) in [5.74, 6) is -2.39. The number of benzene rings is 2. The summed E-state index contributed by atoms with van der Waals surface area (Å²) in [6, 6.07) is 10.2. The quantitative estimate of drug-likeness (QED) is 0.668. The topological polar surface area (TPSA) is 67.4 Å². The van der Waals surface area contributed by atoms with Crippen LogP contribution in [0.3, 0.4) is 0 Å². The maximum absolute atomic E-state index is 14.3. The molecule has 1 aliphatic heterocycles. The zero-order valence-corrected chi connectivity index (χ0v) is 19.0. The van der Waals surface area contributed by atoms with Crippen LogP contribution in [0.5, 0.6) is 5.75 Å². The van der Waals surface area contributed by atoms with Gasteiger partial charge in [0.15, 0.2) is 5.78 Å². The number of Topliss-reactive ketones (excluding diaryl/α,β-unsaturated/α-hetero) is 1. The van der Waals surface area contributed by atoms with Crippen molar-refractivity contribution in [2.24, 2.45) is 5.41 Å². The average molecular weight is 453 g/mol. The van der Waals surface area contributed by atoms with E-state index in [2.05, 4.69) is 10.6 Å². The smallest absolute Gasteiger partial charge is 0.254 e. The molecule has 1 heterocycles. The van der Waals surface area contributed by atoms with Gasteiger partial charge in [-0.25, -0.2) is 8.78 Å². The summed E-state index contributed by atoms with van der Waals surface area (Å²) in [5.41, 5.74) is 2.47. The molecule has 0 radical (unpaired) electrons. The standard InChI is InChI=1S/C26H26F2N2O3/c1-14-22(25(32)30-18-10-9-15(27)11-17(18)28)23(16-7-5-6-8-21(16)33-4)24-19(29-14)12-26(2,3)13-20(24)31/h5-11,23,29H,12-13H2,1-4H3,(H,30,32)/t23-/m0/s1. The summed E-state index contributed by atoms with van der Waals surface area (Å²) >= 11 is 0. The molecule has 1 aliphatic carbocycles. The predicted octanol–water partition coefficient (Wildman–Crippen LogP) is 5.22. The lowest BCUT2D eigenvalue weighted by Crippen LogP contribution is -2.39. The van der Waals surface area contributed by atoms with Crippen LogP contribution in [0.1, 0.15) is 45.1 Å². The molecule has 0 bridgehead atoms. The van der Waals surface area contributed by atoms with Crippen LogP contribution >= 0.6 is 0 Å². The largest absolute Gasteiger partial charge is 0.496 e. The van der Waals surface area contributed by atoms with E-state index < -0.39 is 23.5 Å². The molecule has 0 fully saturated rings. The summed E-state index contributed by atoms with van der Waals surface area (Å²) in [5, 5.41) is 5.81. The zero-order valence-electron chi connectivity index (χ0n) is 19.0. The minimum atomic E-state index is -0.880. The Hall–Kier alpha value is -3.48. The molecule has 0 saturated carbocycles. The Labute approximate surface area is 191 Å². The first kappa shape index (κ1) is 22.7. The number of ether oxygens (including phenoxy) is 1. The second-order valence-corrected chi connectivity index (χ2v) is 9.25. The number of allylic oxidation sites excluding steroid dienone is 3. The predicted molar refractivity (Wildman–Crippen MR) is 122 cm³/mol. The molecule has 0 spiro atoms. The van der Waals surface area contributed by atoms with Gasteiger partial charge in [-0.3, -0.25) is 9.59 Å². The lowest BCUT2D eigenvalue weighted by molar-refractivity contribution is -0.118. The van der Waals surface area contributed by atoms with Gasteiger partial charge in [0.2, 0.25) is 0 Å². The van der Waals surface area contributed by atoms with Crippen molar-refractivity contribution >= 4 is 17.4 Å². The third-order valence-corrected chi connectivity index (χ3v) is 6.11. The highest BCUT2D eigenvalue weighted by atomic mass is 19.1. The first-order valence-electron chi connectivity index (χ1n) is 10.7. The number of para-hydroxylation sites is 1. The SMILES string of the molecule is COc1ccccc1[C@H]1C(C(=O)Nc2ccc(F)cc2F)=C(C)NC2=C1C(=O)CC(C)(C)C2. The fraction of sp³-hybridized carbons (Fsp3) is 0.308. The molecule has 1 amide bonds. The summed E-state index contributed by atoms with van der Waals surface area (Å²) in [4.78, 5) is 26.8. The number of carbonyl (C=O) groups is 2. The number of carbonyl (C=O) groups excluding carboxylic acids is 2. The van der Waals surface area contributed by atoms with Gasteiger partial charge in [-0.05, 0) is 37.0 Å². The Bertz CT molecular complexity index is 1210. The number of hydrogen-bond acceptors (Lipinski definition) is 4. The number of anilines is 1. The fourth-order valence-corrected chi connectivity index (χ4v) is 4.73. The lowest BCUT2D eigenvalue weighted by Gasteiger charge is -2.40. The van der Waals surface area contributed by atoms with Crippen LogP contribution in [0.25, 0.3) is 0 Å². The Kier molecular flexibility index (Phi) is 5.82. The van der Waals surface area contributed by atoms with Gasteiger partial charge in [0.05, 0.1) is 18.7 Å². The van der Waals surface area contributed by atoms with Crippen molar-refractivity contribution in [1.29, 1.82) is 0 Å². The Morgan fingerprint density at radius 1 is 1.15 bits per heavy atom. The van der Waals surface area contributed by atoms with Gasteiger partial charge in [-0.2, -0.15) is 0 Å². The maximum Gasteiger partial charge on any atom is 0.254 e. The van der Waals surface area contributed by atoms with Crippen molar-refractivity contribution < 1.29 is 23.1 Å². The number of ketones is 1. The van der Waals surface area contributed by atoms with Crippen molar-refractivity contribution in [2.75, 3.05) is 12.4 Å². The van der Waals surface area contributed by atoms with Crippen molar-refractivity contribution in [3.05, 3.63) is 82.2 Å². The lowest BCUT2D eigenvalue weighted by atomic mass is 9.68. The molecule has 33 heavy (non-hydrogen) atoms. The molecule has 0 saturated heterocycles. The first-order chi connectivity index (χ1) is 15.6. The van der Waals surface area contributed by atoms with Crippen LogP contribution in [-0.4, -0.2) is 18.8 Å². The summed E-state index contributed by atoms with van der Waals surface area (Å²) in [6.07, 6.45) is 0.998. The van der Waals surface area contributed by atoms with Gasteiger partial charge in [-0.15, -0.1) is 0 Å². The molecule has 2 N–H and O–H groups in total. The third-order valence-electron chi connectivity index (χ3n) is 6.11. The van der Waals surface area contributed by atoms with Crippen molar-refractivity contribution in [1.82, 2.24) is 5.32 Å². The minimum absolute atomic E-state index is 0.0459. The van der Waals surface area contributed by atoms with E-state index in [-0.39, 0.29) is 22.5 Å². The minimum Gasteiger partial charge on any atom is -0.496 e. The monoisotopic (exact) mass is 452 g/mol. The number of methoxy groups -OCH3 is 1. The second kappa shape index (κ2) is 8.46. The van der Waals surface area contributed by atoms with Crippen molar-refractivity contribution in [3.8, 4) is 5.75 Å². The zero-order chi connectivity index (χ0) is 23.9. The highest BCUT2D eigenvalue weighted by Gasteiger charge is 2.43. The molecule has 0 aromatic heterocycles. The Morgan fingerprint density at radius 2 is 1.88 bits per heavy atom. The van der Waals surface area contributed by atoms with E-state index in [1.165, 1.54) is 13.2 Å². The molecule has 5 nitrogen and oxygen atoms in total. The normalized spacial score (nSPS) is 19.7. The first-order valence-corrected chi connectivity index (χ1v) is 10.7. The van der Waals surface area contributed by atoms with E-state index in [0.29, 0.717) is 41.5 Å². The second-order valence-electron chi connectivity index (χ2n) is 9.25. The molecule has 1 atom stereocenters. The van der Waals surface area contributed by atoms with Gasteiger partial charge in [-0.1, -0.05) is 32.0 Å². The molecule has 172 valence electrons. The van der Waals surface area contributed by atoms with E-state index in [0.717, 1.165) is 11.8 Å². The highest BCUT2D eigenvalue weighted by Crippen LogP contribution is 2.48. The maximum atomic E-state index is 14.3. The highest BCUT2D eigenvalue weighted by molar-refractivity contribution is 6.10. The molecule has 4 rings (SSSR count). The fourth-order valence-electron chi connectivity index (χ4n) is 4.73. The van der Waals surface area contributed by atoms with Crippen LogP contribution in [0.15, 0.2) is 65.0 Å². The third kappa shape index (κ3) is 4.27. The van der Waals surface area contributed by atoms with Gasteiger partial charge in [0.25, 0.3) is 5.91 Å². The van der Waals surface area contributed by atoms with Crippen LogP contribution in [0, 0.1) is 17.0 Å². The van der Waals surface area contributed by atoms with E-state index in [4.69, 9.17) is 4.74 Å². The molecular formula is C26H26F2N2O3. The Morgan fingerprint density at radius 3 is 2.58 bits per heavy atom. The summed E-state index contributed by atoms with van der Waals surface area (Å²) < 4.78 is 33.1. The van der Waals surface area contributed by atoms with Gasteiger partial charge in [0, 0.05) is 40.6 Å². The van der Waals surface area contributed by atoms with E-state index in [1.54, 1.807) is 13.0 Å². The molecule has 2 aliphatic rings. The number of amides is 1. The number of rotatable bonds is 4. The Balaban J connectivity index is 1.84. The number of dihydropyridines is 1. The number of nitrogens with one attached hydrogen (secondary N) is 2. The van der Waals surface area contributed by atoms with E-state index in [1.807, 2.05) is 32.0 Å². The summed E-state index contributed by atoms with van der Waals surface area (Å²) in [7, 11) is 1.53. The number of hydrogen-bond donors (Lipinski definition) is 2. The molecule has 2 aromatic rings. The summed E-state index contributed by atoms with van der Waals surface area (Å²) in [6.45, 7) is 5.83. The van der Waals surface area contributed by atoms with E-state index in [9.17, 15) is 18.4 Å². The van der Waals surface area contributed by atoms with Crippen LogP contribution in [0.4, 0.5) is 14.5 Å². The van der Waals surface area contributed by atoms with Crippen LogP contribution < -0.4 is 15.4 Å². The molecule has 2 aromatic carbocycles. The molecular weight excluding hydrogens is 426 g/mol. The van der Waals surface area contributed by atoms with Crippen LogP contribution in [0.2, 0.25) is 0 Å². The van der Waals surface area contributed by atoms with Crippen LogP contribution in [-0.2, 0) is 9.59 Å². The average Bonchev–Trinajstić information content (AvgIpc) is 2.73. The van der Waals surface area contributed by atoms with Crippen molar-refractivity contribution in [3.63, 3.8) is 0 Å². The molecule has 0 unspecified atom stereocenters. The van der Waals surface area contributed by atoms with Gasteiger partial charge < -0.3 is 15.4 Å². The number of halogens is 2. The van der Waals surface area contributed by atoms with Gasteiger partial charge >= 0.3 is 0 Å². The molecule has 7 heteroatoms.